The van der Waals surface area contributed by atoms with Gasteiger partial charge in [-0.15, -0.1) is 0 Å². The highest BCUT2D eigenvalue weighted by Gasteiger charge is 2.35. The van der Waals surface area contributed by atoms with Crippen molar-refractivity contribution < 1.29 is 27.4 Å². The average Bonchev–Trinajstić information content (AvgIpc) is 2.88. The molecule has 2 aliphatic heterocycles. The number of amides is 1. The van der Waals surface area contributed by atoms with Crippen molar-refractivity contribution in [3.63, 3.8) is 0 Å². The Kier molecular flexibility index (Phi) is 4.80. The number of nitrogens with one attached hydrogen (secondary N) is 1. The number of rotatable bonds is 3. The number of hydrogen-bond donors (Lipinski definition) is 1. The largest absolute Gasteiger partial charge is 0.401 e. The first-order chi connectivity index (χ1) is 11.3. The number of carbonyl (C=O) groups excluding carboxylic acids is 1. The molecule has 1 aromatic carbocycles. The van der Waals surface area contributed by atoms with Gasteiger partial charge in [0.15, 0.2) is 6.10 Å². The second-order valence-corrected chi connectivity index (χ2v) is 6.06. The van der Waals surface area contributed by atoms with Crippen LogP contribution in [-0.4, -0.2) is 48.9 Å². The molecule has 0 spiro atoms. The summed E-state index contributed by atoms with van der Waals surface area (Å²) in [6.45, 7) is 1.95. The predicted octanol–water partition coefficient (Wildman–Crippen LogP) is 2.31. The average molecular weight is 344 g/mol. The molecule has 2 aliphatic rings. The highest BCUT2D eigenvalue weighted by molar-refractivity contribution is 5.95. The Bertz CT molecular complexity index is 621. The lowest BCUT2D eigenvalue weighted by Crippen LogP contribution is -2.44. The molecule has 1 saturated heterocycles. The Hall–Kier alpha value is -1.64. The van der Waals surface area contributed by atoms with Crippen LogP contribution < -0.4 is 5.32 Å². The molecule has 2 atom stereocenters. The lowest BCUT2D eigenvalue weighted by molar-refractivity contribution is -0.157. The number of fused-ring (bicyclic) bond motifs is 1. The normalized spacial score (nSPS) is 24.7. The van der Waals surface area contributed by atoms with E-state index in [0.29, 0.717) is 18.9 Å². The van der Waals surface area contributed by atoms with Crippen LogP contribution in [0.25, 0.3) is 0 Å². The van der Waals surface area contributed by atoms with E-state index < -0.39 is 18.8 Å². The molecule has 1 amide bonds. The minimum Gasteiger partial charge on any atom is -0.373 e. The summed E-state index contributed by atoms with van der Waals surface area (Å²) in [6, 6.07) is 5.21. The van der Waals surface area contributed by atoms with Gasteiger partial charge in [0.25, 0.3) is 5.91 Å². The van der Waals surface area contributed by atoms with Gasteiger partial charge in [-0.2, -0.15) is 13.2 Å². The molecule has 0 unspecified atom stereocenters. The van der Waals surface area contributed by atoms with Crippen LogP contribution in [0, 0.1) is 0 Å². The van der Waals surface area contributed by atoms with Gasteiger partial charge in [-0.1, -0.05) is 12.1 Å². The summed E-state index contributed by atoms with van der Waals surface area (Å²) in [5, 5.41) is 2.77. The summed E-state index contributed by atoms with van der Waals surface area (Å²) in [4.78, 5) is 13.7. The fraction of sp³-hybridized carbons (Fsp3) is 0.562. The number of benzene rings is 1. The van der Waals surface area contributed by atoms with Crippen molar-refractivity contribution >= 4 is 11.6 Å². The van der Waals surface area contributed by atoms with E-state index in [0.717, 1.165) is 11.1 Å². The van der Waals surface area contributed by atoms with E-state index in [-0.39, 0.29) is 25.1 Å². The van der Waals surface area contributed by atoms with Crippen molar-refractivity contribution in [2.24, 2.45) is 0 Å². The van der Waals surface area contributed by atoms with Crippen molar-refractivity contribution in [2.45, 2.75) is 38.4 Å². The van der Waals surface area contributed by atoms with Crippen LogP contribution in [0.4, 0.5) is 18.9 Å². The van der Waals surface area contributed by atoms with Gasteiger partial charge in [-0.3, -0.25) is 9.69 Å². The number of hydrogen-bond acceptors (Lipinski definition) is 4. The summed E-state index contributed by atoms with van der Waals surface area (Å²) < 4.78 is 48.6. The molecule has 132 valence electrons. The van der Waals surface area contributed by atoms with E-state index in [1.807, 2.05) is 0 Å². The lowest BCUT2D eigenvalue weighted by atomic mass is 10.1. The van der Waals surface area contributed by atoms with Gasteiger partial charge in [-0.05, 0) is 24.1 Å². The molecule has 0 saturated carbocycles. The van der Waals surface area contributed by atoms with Gasteiger partial charge in [0.1, 0.15) is 0 Å². The minimum atomic E-state index is -4.24. The van der Waals surface area contributed by atoms with Crippen LogP contribution in [0.2, 0.25) is 0 Å². The molecule has 1 aromatic rings. The SMILES string of the molecule is C[C@@H]1OCCO[C@@H]1C(=O)Nc1cccc2c1CN(CC(F)(F)F)C2. The fourth-order valence-corrected chi connectivity index (χ4v) is 3.10. The van der Waals surface area contributed by atoms with Gasteiger partial charge in [0.05, 0.1) is 25.9 Å². The quantitative estimate of drug-likeness (QED) is 0.914. The molecule has 0 aliphatic carbocycles. The summed E-state index contributed by atoms with van der Waals surface area (Å²) in [5.74, 6) is -0.343. The van der Waals surface area contributed by atoms with Crippen LogP contribution in [0.5, 0.6) is 0 Å². The molecule has 0 aromatic heterocycles. The zero-order chi connectivity index (χ0) is 17.3. The fourth-order valence-electron chi connectivity index (χ4n) is 3.10. The Morgan fingerprint density at radius 3 is 2.75 bits per heavy atom. The molecule has 5 nitrogen and oxygen atoms in total. The van der Waals surface area contributed by atoms with Crippen molar-refractivity contribution in [3.05, 3.63) is 29.3 Å². The van der Waals surface area contributed by atoms with Gasteiger partial charge >= 0.3 is 6.18 Å². The molecule has 1 N–H and O–H groups in total. The molecule has 2 heterocycles. The van der Waals surface area contributed by atoms with Gasteiger partial charge < -0.3 is 14.8 Å². The molecule has 3 rings (SSSR count). The van der Waals surface area contributed by atoms with Crippen molar-refractivity contribution in [1.82, 2.24) is 4.90 Å². The van der Waals surface area contributed by atoms with Gasteiger partial charge in [0.2, 0.25) is 0 Å². The first kappa shape index (κ1) is 17.2. The molecule has 0 bridgehead atoms. The monoisotopic (exact) mass is 344 g/mol. The lowest BCUT2D eigenvalue weighted by Gasteiger charge is -2.28. The van der Waals surface area contributed by atoms with E-state index in [1.54, 1.807) is 25.1 Å². The zero-order valence-corrected chi connectivity index (χ0v) is 13.2. The number of anilines is 1. The van der Waals surface area contributed by atoms with Crippen molar-refractivity contribution in [2.75, 3.05) is 25.1 Å². The molecule has 8 heteroatoms. The number of halogens is 3. The number of carbonyl (C=O) groups is 1. The first-order valence-electron chi connectivity index (χ1n) is 7.77. The Morgan fingerprint density at radius 2 is 2.04 bits per heavy atom. The second kappa shape index (κ2) is 6.70. The van der Waals surface area contributed by atoms with E-state index in [9.17, 15) is 18.0 Å². The smallest absolute Gasteiger partial charge is 0.373 e. The maximum Gasteiger partial charge on any atom is 0.401 e. The number of nitrogens with zero attached hydrogens (tertiary/aromatic N) is 1. The molecule has 0 radical (unpaired) electrons. The Balaban J connectivity index is 1.71. The molecule has 1 fully saturated rings. The van der Waals surface area contributed by atoms with Crippen molar-refractivity contribution in [1.29, 1.82) is 0 Å². The van der Waals surface area contributed by atoms with Crippen LogP contribution in [0.3, 0.4) is 0 Å². The maximum absolute atomic E-state index is 12.6. The minimum absolute atomic E-state index is 0.156. The topological polar surface area (TPSA) is 50.8 Å². The highest BCUT2D eigenvalue weighted by atomic mass is 19.4. The second-order valence-electron chi connectivity index (χ2n) is 6.06. The number of alkyl halides is 3. The summed E-state index contributed by atoms with van der Waals surface area (Å²) in [5.41, 5.74) is 2.05. The van der Waals surface area contributed by atoms with Crippen molar-refractivity contribution in [3.8, 4) is 0 Å². The van der Waals surface area contributed by atoms with E-state index in [1.165, 1.54) is 4.90 Å². The maximum atomic E-state index is 12.6. The summed E-state index contributed by atoms with van der Waals surface area (Å²) in [6.07, 6.45) is -5.33. The standard InChI is InChI=1S/C16H19F3N2O3/c1-10-14(24-6-5-23-10)15(22)20-13-4-2-3-11-7-21(8-12(11)13)9-16(17,18)19/h2-4,10,14H,5-9H2,1H3,(H,20,22)/t10-,14-/m0/s1. The predicted molar refractivity (Wildman–Crippen MR) is 80.4 cm³/mol. The van der Waals surface area contributed by atoms with E-state index in [4.69, 9.17) is 9.47 Å². The van der Waals surface area contributed by atoms with Crippen LogP contribution in [0.1, 0.15) is 18.1 Å². The molecule has 24 heavy (non-hydrogen) atoms. The summed E-state index contributed by atoms with van der Waals surface area (Å²) >= 11 is 0. The van der Waals surface area contributed by atoms with E-state index in [2.05, 4.69) is 5.32 Å². The van der Waals surface area contributed by atoms with Crippen LogP contribution >= 0.6 is 0 Å². The third kappa shape index (κ3) is 3.88. The number of ether oxygens (including phenoxy) is 2. The zero-order valence-electron chi connectivity index (χ0n) is 13.2. The van der Waals surface area contributed by atoms with Gasteiger partial charge in [0, 0.05) is 18.8 Å². The third-order valence-corrected chi connectivity index (χ3v) is 4.16. The Morgan fingerprint density at radius 1 is 1.29 bits per heavy atom. The molecular weight excluding hydrogens is 325 g/mol. The first-order valence-corrected chi connectivity index (χ1v) is 7.77. The molecular formula is C16H19F3N2O3. The van der Waals surface area contributed by atoms with Crippen LogP contribution in [0.15, 0.2) is 18.2 Å². The van der Waals surface area contributed by atoms with Crippen LogP contribution in [-0.2, 0) is 27.4 Å². The van der Waals surface area contributed by atoms with Gasteiger partial charge in [-0.25, -0.2) is 0 Å². The Labute approximate surface area is 137 Å². The summed E-state index contributed by atoms with van der Waals surface area (Å²) in [7, 11) is 0. The van der Waals surface area contributed by atoms with E-state index >= 15 is 0 Å². The highest BCUT2D eigenvalue weighted by Crippen LogP contribution is 2.31. The third-order valence-electron chi connectivity index (χ3n) is 4.16.